The molecule has 2 heterocycles. The summed E-state index contributed by atoms with van der Waals surface area (Å²) in [6, 6.07) is 7.97. The number of hydrogen-bond acceptors (Lipinski definition) is 4. The first-order chi connectivity index (χ1) is 12.6. The summed E-state index contributed by atoms with van der Waals surface area (Å²) in [4.78, 5) is 30.4. The number of carbonyl (C=O) groups excluding carboxylic acids is 2. The highest BCUT2D eigenvalue weighted by Crippen LogP contribution is 2.46. The van der Waals surface area contributed by atoms with Crippen molar-refractivity contribution >= 4 is 51.4 Å². The number of anilines is 1. The van der Waals surface area contributed by atoms with Crippen LogP contribution in [0.25, 0.3) is 5.57 Å². The first kappa shape index (κ1) is 17.7. The Balaban J connectivity index is 1.75. The van der Waals surface area contributed by atoms with Gasteiger partial charge < -0.3 is 4.90 Å². The van der Waals surface area contributed by atoms with Crippen LogP contribution in [0.4, 0.5) is 5.69 Å². The van der Waals surface area contributed by atoms with Crippen molar-refractivity contribution in [2.75, 3.05) is 11.4 Å². The SMILES string of the molecule is CCCCN1C(=O)C(=C2SC(=S)N(C3CCCC3)C2=O)c2ccccc21. The van der Waals surface area contributed by atoms with Crippen LogP contribution in [0.2, 0.25) is 0 Å². The van der Waals surface area contributed by atoms with E-state index < -0.39 is 0 Å². The van der Waals surface area contributed by atoms with Crippen LogP contribution in [-0.4, -0.2) is 33.6 Å². The highest BCUT2D eigenvalue weighted by Gasteiger charge is 2.44. The maximum atomic E-state index is 13.2. The Bertz CT molecular complexity index is 812. The molecule has 26 heavy (non-hydrogen) atoms. The van der Waals surface area contributed by atoms with Crippen molar-refractivity contribution < 1.29 is 9.59 Å². The Morgan fingerprint density at radius 2 is 1.88 bits per heavy atom. The molecule has 4 nitrogen and oxygen atoms in total. The highest BCUT2D eigenvalue weighted by atomic mass is 32.2. The van der Waals surface area contributed by atoms with Crippen molar-refractivity contribution in [2.24, 2.45) is 0 Å². The molecule has 0 radical (unpaired) electrons. The molecule has 2 aliphatic heterocycles. The van der Waals surface area contributed by atoms with Gasteiger partial charge in [-0.3, -0.25) is 14.5 Å². The van der Waals surface area contributed by atoms with E-state index in [0.29, 0.717) is 21.3 Å². The van der Waals surface area contributed by atoms with E-state index in [1.54, 1.807) is 4.90 Å². The van der Waals surface area contributed by atoms with Crippen molar-refractivity contribution in [2.45, 2.75) is 51.5 Å². The zero-order chi connectivity index (χ0) is 18.3. The summed E-state index contributed by atoms with van der Waals surface area (Å²) in [7, 11) is 0. The highest BCUT2D eigenvalue weighted by molar-refractivity contribution is 8.26. The average Bonchev–Trinajstić information content (AvgIpc) is 3.31. The predicted octanol–water partition coefficient (Wildman–Crippen LogP) is 4.35. The van der Waals surface area contributed by atoms with Crippen molar-refractivity contribution in [3.05, 3.63) is 34.7 Å². The summed E-state index contributed by atoms with van der Waals surface area (Å²) in [6.45, 7) is 2.79. The number of benzene rings is 1. The second-order valence-corrected chi connectivity index (χ2v) is 8.66. The molecule has 1 aliphatic carbocycles. The lowest BCUT2D eigenvalue weighted by molar-refractivity contribution is -0.123. The molecule has 1 aromatic rings. The lowest BCUT2D eigenvalue weighted by atomic mass is 10.1. The molecule has 0 bridgehead atoms. The van der Waals surface area contributed by atoms with Crippen LogP contribution in [-0.2, 0) is 9.59 Å². The van der Waals surface area contributed by atoms with Gasteiger partial charge in [0.2, 0.25) is 0 Å². The normalized spacial score (nSPS) is 23.5. The van der Waals surface area contributed by atoms with Gasteiger partial charge in [0.05, 0.1) is 16.2 Å². The minimum absolute atomic E-state index is 0.0634. The van der Waals surface area contributed by atoms with E-state index in [2.05, 4.69) is 6.92 Å². The standard InChI is InChI=1S/C20H22N2O2S2/c1-2-3-12-21-15-11-7-6-10-14(15)16(18(21)23)17-19(24)22(20(25)26-17)13-8-4-5-9-13/h6-7,10-11,13H,2-5,8-9,12H2,1H3. The molecule has 0 aromatic heterocycles. The molecule has 136 valence electrons. The molecule has 0 atom stereocenters. The summed E-state index contributed by atoms with van der Waals surface area (Å²) < 4.78 is 0.599. The van der Waals surface area contributed by atoms with Gasteiger partial charge in [-0.1, -0.05) is 68.4 Å². The average molecular weight is 387 g/mol. The summed E-state index contributed by atoms with van der Waals surface area (Å²) in [5.41, 5.74) is 2.31. The molecule has 0 N–H and O–H groups in total. The van der Waals surface area contributed by atoms with Gasteiger partial charge in [0.25, 0.3) is 11.8 Å². The molecule has 0 spiro atoms. The third-order valence-electron chi connectivity index (χ3n) is 5.37. The van der Waals surface area contributed by atoms with Gasteiger partial charge in [-0.05, 0) is 25.3 Å². The maximum Gasteiger partial charge on any atom is 0.267 e. The Morgan fingerprint density at radius 1 is 1.15 bits per heavy atom. The summed E-state index contributed by atoms with van der Waals surface area (Å²) in [6.07, 6.45) is 6.24. The summed E-state index contributed by atoms with van der Waals surface area (Å²) in [5.74, 6) is -0.144. The molecule has 1 saturated heterocycles. The summed E-state index contributed by atoms with van der Waals surface area (Å²) in [5, 5.41) is 0. The van der Waals surface area contributed by atoms with Crippen LogP contribution in [0, 0.1) is 0 Å². The molecule has 0 unspecified atom stereocenters. The monoisotopic (exact) mass is 386 g/mol. The predicted molar refractivity (Wildman–Crippen MR) is 110 cm³/mol. The molecule has 2 amide bonds. The number of unbranched alkanes of at least 4 members (excludes halogenated alkanes) is 1. The van der Waals surface area contributed by atoms with Crippen molar-refractivity contribution in [1.82, 2.24) is 4.90 Å². The fourth-order valence-corrected chi connectivity index (χ4v) is 5.52. The van der Waals surface area contributed by atoms with Gasteiger partial charge in [0.1, 0.15) is 4.32 Å². The number of para-hydroxylation sites is 1. The largest absolute Gasteiger partial charge is 0.308 e. The molecule has 2 fully saturated rings. The molecule has 6 heteroatoms. The molecule has 4 rings (SSSR count). The van der Waals surface area contributed by atoms with E-state index in [1.807, 2.05) is 29.2 Å². The van der Waals surface area contributed by atoms with Crippen LogP contribution in [0.15, 0.2) is 29.2 Å². The third kappa shape index (κ3) is 2.79. The lowest BCUT2D eigenvalue weighted by Gasteiger charge is -2.22. The molecule has 1 aromatic carbocycles. The van der Waals surface area contributed by atoms with Crippen LogP contribution < -0.4 is 4.90 Å². The minimum Gasteiger partial charge on any atom is -0.308 e. The lowest BCUT2D eigenvalue weighted by Crippen LogP contribution is -2.37. The van der Waals surface area contributed by atoms with E-state index in [0.717, 1.165) is 49.8 Å². The second kappa shape index (κ2) is 7.16. The number of thiocarbonyl (C=S) groups is 1. The summed E-state index contributed by atoms with van der Waals surface area (Å²) >= 11 is 6.81. The molecule has 3 aliphatic rings. The minimum atomic E-state index is -0.0811. The Hall–Kier alpha value is -1.66. The molecular weight excluding hydrogens is 364 g/mol. The van der Waals surface area contributed by atoms with E-state index in [4.69, 9.17) is 12.2 Å². The first-order valence-electron chi connectivity index (χ1n) is 9.34. The van der Waals surface area contributed by atoms with Gasteiger partial charge in [0, 0.05) is 18.2 Å². The van der Waals surface area contributed by atoms with Crippen LogP contribution in [0.3, 0.4) is 0 Å². The number of rotatable bonds is 4. The number of nitrogens with zero attached hydrogens (tertiary/aromatic N) is 2. The zero-order valence-electron chi connectivity index (χ0n) is 14.9. The number of fused-ring (bicyclic) bond motifs is 1. The van der Waals surface area contributed by atoms with Gasteiger partial charge in [-0.25, -0.2) is 0 Å². The molecular formula is C20H22N2O2S2. The Labute approximate surface area is 163 Å². The van der Waals surface area contributed by atoms with Gasteiger partial charge in [-0.2, -0.15) is 0 Å². The van der Waals surface area contributed by atoms with E-state index in [9.17, 15) is 9.59 Å². The van der Waals surface area contributed by atoms with Crippen molar-refractivity contribution in [1.29, 1.82) is 0 Å². The van der Waals surface area contributed by atoms with Crippen molar-refractivity contribution in [3.8, 4) is 0 Å². The first-order valence-corrected chi connectivity index (χ1v) is 10.6. The number of hydrogen-bond donors (Lipinski definition) is 0. The van der Waals surface area contributed by atoms with Gasteiger partial charge >= 0.3 is 0 Å². The van der Waals surface area contributed by atoms with E-state index >= 15 is 0 Å². The van der Waals surface area contributed by atoms with Gasteiger partial charge in [-0.15, -0.1) is 0 Å². The second-order valence-electron chi connectivity index (χ2n) is 7.01. The van der Waals surface area contributed by atoms with E-state index in [1.165, 1.54) is 11.8 Å². The van der Waals surface area contributed by atoms with Crippen LogP contribution in [0.5, 0.6) is 0 Å². The Kier molecular flexibility index (Phi) is 4.88. The van der Waals surface area contributed by atoms with Crippen LogP contribution in [0.1, 0.15) is 51.0 Å². The Morgan fingerprint density at radius 3 is 2.62 bits per heavy atom. The topological polar surface area (TPSA) is 40.6 Å². The quantitative estimate of drug-likeness (QED) is 0.570. The fourth-order valence-electron chi connectivity index (χ4n) is 4.05. The smallest absolute Gasteiger partial charge is 0.267 e. The zero-order valence-corrected chi connectivity index (χ0v) is 16.5. The maximum absolute atomic E-state index is 13.2. The number of amides is 2. The molecule has 1 saturated carbocycles. The number of thioether (sulfide) groups is 1. The van der Waals surface area contributed by atoms with Crippen LogP contribution >= 0.6 is 24.0 Å². The van der Waals surface area contributed by atoms with Gasteiger partial charge in [0.15, 0.2) is 0 Å². The van der Waals surface area contributed by atoms with Crippen molar-refractivity contribution in [3.63, 3.8) is 0 Å². The van der Waals surface area contributed by atoms with E-state index in [-0.39, 0.29) is 17.9 Å². The number of carbonyl (C=O) groups is 2. The third-order valence-corrected chi connectivity index (χ3v) is 6.78. The fraction of sp³-hybridized carbons (Fsp3) is 0.450.